The van der Waals surface area contributed by atoms with E-state index in [-0.39, 0.29) is 5.41 Å². The summed E-state index contributed by atoms with van der Waals surface area (Å²) in [6, 6.07) is 15.3. The van der Waals surface area contributed by atoms with Gasteiger partial charge in [-0.2, -0.15) is 0 Å². The van der Waals surface area contributed by atoms with Gasteiger partial charge in [-0.1, -0.05) is 56.3 Å². The van der Waals surface area contributed by atoms with Crippen LogP contribution in [0.3, 0.4) is 0 Å². The summed E-state index contributed by atoms with van der Waals surface area (Å²) >= 11 is 0. The fourth-order valence-electron chi connectivity index (χ4n) is 2.33. The van der Waals surface area contributed by atoms with Gasteiger partial charge in [0, 0.05) is 25.0 Å². The van der Waals surface area contributed by atoms with Gasteiger partial charge in [-0.25, -0.2) is 0 Å². The minimum absolute atomic E-state index is 0.151. The summed E-state index contributed by atoms with van der Waals surface area (Å²) in [6.45, 7) is 7.60. The minimum atomic E-state index is 0.151. The summed E-state index contributed by atoms with van der Waals surface area (Å²) in [5.41, 5.74) is 1.54. The molecule has 102 valence electrons. The predicted octanol–water partition coefficient (Wildman–Crippen LogP) is 2.93. The Balaban J connectivity index is 2.12. The van der Waals surface area contributed by atoms with Gasteiger partial charge in [0.15, 0.2) is 0 Å². The fourth-order valence-corrected chi connectivity index (χ4v) is 2.33. The van der Waals surface area contributed by atoms with Crippen molar-refractivity contribution >= 4 is 10.8 Å². The molecule has 2 aromatic rings. The van der Waals surface area contributed by atoms with Gasteiger partial charge in [-0.3, -0.25) is 0 Å². The van der Waals surface area contributed by atoms with E-state index in [9.17, 15) is 0 Å². The lowest BCUT2D eigenvalue weighted by molar-refractivity contribution is 0.469. The standard InChI is InChI=1S/C17H24N2/c1-17(2,13-19-11-10-18-3)16-9-8-14-6-4-5-7-15(14)12-16/h4-9,12,18-19H,10-11,13H2,1-3H3. The lowest BCUT2D eigenvalue weighted by Crippen LogP contribution is -2.36. The molecule has 2 N–H and O–H groups in total. The second-order valence-corrected chi connectivity index (χ2v) is 5.73. The molecular formula is C17H24N2. The topological polar surface area (TPSA) is 24.1 Å². The molecule has 0 unspecified atom stereocenters. The number of nitrogens with one attached hydrogen (secondary N) is 2. The van der Waals surface area contributed by atoms with Crippen molar-refractivity contribution in [2.24, 2.45) is 0 Å². The largest absolute Gasteiger partial charge is 0.318 e. The van der Waals surface area contributed by atoms with Gasteiger partial charge in [-0.15, -0.1) is 0 Å². The van der Waals surface area contributed by atoms with E-state index in [4.69, 9.17) is 0 Å². The highest BCUT2D eigenvalue weighted by Crippen LogP contribution is 2.26. The molecular weight excluding hydrogens is 232 g/mol. The first-order valence-electron chi connectivity index (χ1n) is 6.98. The first-order valence-corrected chi connectivity index (χ1v) is 6.98. The summed E-state index contributed by atoms with van der Waals surface area (Å²) in [6.07, 6.45) is 0. The maximum atomic E-state index is 3.51. The number of hydrogen-bond acceptors (Lipinski definition) is 2. The van der Waals surface area contributed by atoms with Crippen LogP contribution in [0.5, 0.6) is 0 Å². The number of hydrogen-bond donors (Lipinski definition) is 2. The van der Waals surface area contributed by atoms with E-state index in [0.717, 1.165) is 19.6 Å². The normalized spacial score (nSPS) is 11.9. The second kappa shape index (κ2) is 6.18. The third-order valence-electron chi connectivity index (χ3n) is 3.65. The van der Waals surface area contributed by atoms with Gasteiger partial charge in [0.25, 0.3) is 0 Å². The number of benzene rings is 2. The zero-order valence-corrected chi connectivity index (χ0v) is 12.2. The lowest BCUT2D eigenvalue weighted by atomic mass is 9.83. The third kappa shape index (κ3) is 3.55. The second-order valence-electron chi connectivity index (χ2n) is 5.73. The van der Waals surface area contributed by atoms with E-state index in [0.29, 0.717) is 0 Å². The Labute approximate surface area is 116 Å². The first-order chi connectivity index (χ1) is 9.13. The van der Waals surface area contributed by atoms with Crippen LogP contribution in [0, 0.1) is 0 Å². The van der Waals surface area contributed by atoms with E-state index >= 15 is 0 Å². The molecule has 0 aromatic heterocycles. The quantitative estimate of drug-likeness (QED) is 0.777. The van der Waals surface area contributed by atoms with E-state index in [1.165, 1.54) is 16.3 Å². The SMILES string of the molecule is CNCCNCC(C)(C)c1ccc2ccccc2c1. The summed E-state index contributed by atoms with van der Waals surface area (Å²) in [7, 11) is 1.98. The van der Waals surface area contributed by atoms with Crippen molar-refractivity contribution in [1.29, 1.82) is 0 Å². The summed E-state index contributed by atoms with van der Waals surface area (Å²) in [5.74, 6) is 0. The molecule has 0 saturated carbocycles. The molecule has 0 spiro atoms. The van der Waals surface area contributed by atoms with Crippen molar-refractivity contribution < 1.29 is 0 Å². The Morgan fingerprint density at radius 1 is 0.947 bits per heavy atom. The van der Waals surface area contributed by atoms with Gasteiger partial charge in [-0.05, 0) is 23.4 Å². The van der Waals surface area contributed by atoms with Crippen LogP contribution in [0.2, 0.25) is 0 Å². The summed E-state index contributed by atoms with van der Waals surface area (Å²) < 4.78 is 0. The molecule has 0 aliphatic rings. The average molecular weight is 256 g/mol. The van der Waals surface area contributed by atoms with Crippen molar-refractivity contribution in [2.75, 3.05) is 26.7 Å². The highest BCUT2D eigenvalue weighted by Gasteiger charge is 2.20. The Bertz CT molecular complexity index is 532. The van der Waals surface area contributed by atoms with Crippen molar-refractivity contribution in [2.45, 2.75) is 19.3 Å². The number of rotatable bonds is 6. The van der Waals surface area contributed by atoms with Crippen LogP contribution in [-0.4, -0.2) is 26.7 Å². The van der Waals surface area contributed by atoms with Gasteiger partial charge in [0.05, 0.1) is 0 Å². The molecule has 0 amide bonds. The predicted molar refractivity (Wildman–Crippen MR) is 83.8 cm³/mol. The van der Waals surface area contributed by atoms with Crippen LogP contribution >= 0.6 is 0 Å². The molecule has 2 aromatic carbocycles. The van der Waals surface area contributed by atoms with Gasteiger partial charge < -0.3 is 10.6 Å². The molecule has 0 bridgehead atoms. The van der Waals surface area contributed by atoms with Crippen LogP contribution in [0.15, 0.2) is 42.5 Å². The van der Waals surface area contributed by atoms with Crippen LogP contribution < -0.4 is 10.6 Å². The van der Waals surface area contributed by atoms with Crippen molar-refractivity contribution in [3.8, 4) is 0 Å². The van der Waals surface area contributed by atoms with E-state index in [1.807, 2.05) is 7.05 Å². The average Bonchev–Trinajstić information content (AvgIpc) is 2.43. The first kappa shape index (κ1) is 14.0. The van der Waals surface area contributed by atoms with E-state index in [1.54, 1.807) is 0 Å². The zero-order chi connectivity index (χ0) is 13.7. The lowest BCUT2D eigenvalue weighted by Gasteiger charge is -2.26. The molecule has 0 radical (unpaired) electrons. The Hall–Kier alpha value is -1.38. The Kier molecular flexibility index (Phi) is 4.56. The van der Waals surface area contributed by atoms with Gasteiger partial charge in [0.2, 0.25) is 0 Å². The van der Waals surface area contributed by atoms with Crippen molar-refractivity contribution in [3.05, 3.63) is 48.0 Å². The van der Waals surface area contributed by atoms with Crippen molar-refractivity contribution in [1.82, 2.24) is 10.6 Å². The highest BCUT2D eigenvalue weighted by molar-refractivity contribution is 5.83. The van der Waals surface area contributed by atoms with Crippen LogP contribution in [-0.2, 0) is 5.41 Å². The molecule has 2 nitrogen and oxygen atoms in total. The summed E-state index contributed by atoms with van der Waals surface area (Å²) in [4.78, 5) is 0. The highest BCUT2D eigenvalue weighted by atomic mass is 14.9. The molecule has 0 aliphatic heterocycles. The Morgan fingerprint density at radius 2 is 1.68 bits per heavy atom. The zero-order valence-electron chi connectivity index (χ0n) is 12.2. The third-order valence-corrected chi connectivity index (χ3v) is 3.65. The van der Waals surface area contributed by atoms with Gasteiger partial charge >= 0.3 is 0 Å². The molecule has 0 fully saturated rings. The summed E-state index contributed by atoms with van der Waals surface area (Å²) in [5, 5.41) is 9.30. The van der Waals surface area contributed by atoms with Crippen LogP contribution in [0.4, 0.5) is 0 Å². The van der Waals surface area contributed by atoms with Crippen LogP contribution in [0.25, 0.3) is 10.8 Å². The van der Waals surface area contributed by atoms with E-state index in [2.05, 4.69) is 66.9 Å². The molecule has 0 heterocycles. The molecule has 2 heteroatoms. The van der Waals surface area contributed by atoms with Crippen LogP contribution in [0.1, 0.15) is 19.4 Å². The molecule has 0 aliphatic carbocycles. The van der Waals surface area contributed by atoms with E-state index < -0.39 is 0 Å². The maximum Gasteiger partial charge on any atom is 0.00769 e. The van der Waals surface area contributed by atoms with Crippen molar-refractivity contribution in [3.63, 3.8) is 0 Å². The monoisotopic (exact) mass is 256 g/mol. The molecule has 0 atom stereocenters. The fraction of sp³-hybridized carbons (Fsp3) is 0.412. The molecule has 2 rings (SSSR count). The molecule has 0 saturated heterocycles. The number of likely N-dealkylation sites (N-methyl/N-ethyl adjacent to an activating group) is 1. The Morgan fingerprint density at radius 3 is 2.42 bits per heavy atom. The van der Waals surface area contributed by atoms with Gasteiger partial charge in [0.1, 0.15) is 0 Å². The number of fused-ring (bicyclic) bond motifs is 1. The molecule has 19 heavy (non-hydrogen) atoms. The smallest absolute Gasteiger partial charge is 0.00769 e. The minimum Gasteiger partial charge on any atom is -0.318 e. The maximum absolute atomic E-state index is 3.51.